The second kappa shape index (κ2) is 17.5. The van der Waals surface area contributed by atoms with Crippen molar-refractivity contribution < 1.29 is 43.3 Å². The lowest BCUT2D eigenvalue weighted by Crippen LogP contribution is -2.56. The molecule has 3 amide bonds. The molecule has 7 rings (SSSR count). The Morgan fingerprint density at radius 3 is 2.54 bits per heavy atom. The van der Waals surface area contributed by atoms with E-state index in [0.29, 0.717) is 46.6 Å². The van der Waals surface area contributed by atoms with Gasteiger partial charge in [-0.15, -0.1) is 11.3 Å². The number of carbonyl (C=O) groups excluding carboxylic acids is 4. The highest BCUT2D eigenvalue weighted by molar-refractivity contribution is 7.14. The van der Waals surface area contributed by atoms with Crippen LogP contribution in [0.4, 0.5) is 9.93 Å². The molecule has 15 nitrogen and oxygen atoms in total. The first-order valence-corrected chi connectivity index (χ1v) is 21.6. The van der Waals surface area contributed by atoms with Crippen LogP contribution >= 0.6 is 11.3 Å². The normalized spacial score (nSPS) is 25.3. The molecule has 316 valence electrons. The summed E-state index contributed by atoms with van der Waals surface area (Å²) < 4.78 is 17.9. The molecule has 1 aromatic carbocycles. The predicted octanol–water partition coefficient (Wildman–Crippen LogP) is 6.11. The summed E-state index contributed by atoms with van der Waals surface area (Å²) in [7, 11) is 1.57. The Morgan fingerprint density at radius 2 is 1.83 bits per heavy atom. The van der Waals surface area contributed by atoms with Crippen molar-refractivity contribution in [3.63, 3.8) is 0 Å². The maximum absolute atomic E-state index is 14.7. The first-order valence-electron chi connectivity index (χ1n) is 20.7. The van der Waals surface area contributed by atoms with Crippen molar-refractivity contribution in [3.8, 4) is 22.9 Å². The number of methoxy groups -OCH3 is 1. The molecule has 4 aliphatic rings. The average molecular weight is 831 g/mol. The number of aliphatic carboxylic acids is 1. The summed E-state index contributed by atoms with van der Waals surface area (Å²) in [5.74, 6) is -2.13. The van der Waals surface area contributed by atoms with E-state index in [1.54, 1.807) is 25.3 Å². The van der Waals surface area contributed by atoms with E-state index in [-0.39, 0.29) is 55.4 Å². The van der Waals surface area contributed by atoms with Crippen molar-refractivity contribution in [2.24, 2.45) is 17.8 Å². The lowest BCUT2D eigenvalue weighted by molar-refractivity contribution is -0.145. The van der Waals surface area contributed by atoms with Crippen LogP contribution in [0.1, 0.15) is 85.5 Å². The highest BCUT2D eigenvalue weighted by Crippen LogP contribution is 2.46. The highest BCUT2D eigenvalue weighted by Gasteiger charge is 2.61. The first-order chi connectivity index (χ1) is 28.3. The maximum Gasteiger partial charge on any atom is 0.408 e. The first kappa shape index (κ1) is 41.9. The minimum atomic E-state index is -1.49. The van der Waals surface area contributed by atoms with Crippen molar-refractivity contribution in [3.05, 3.63) is 41.8 Å². The number of benzene rings is 1. The molecule has 1 saturated heterocycles. The number of nitrogens with one attached hydrogen (secondary N) is 3. The molecule has 4 N–H and O–H groups in total. The van der Waals surface area contributed by atoms with Gasteiger partial charge in [-0.1, -0.05) is 38.8 Å². The topological polar surface area (TPSA) is 198 Å². The van der Waals surface area contributed by atoms with Gasteiger partial charge in [0.05, 0.1) is 24.9 Å². The quantitative estimate of drug-likeness (QED) is 0.153. The zero-order chi connectivity index (χ0) is 42.0. The van der Waals surface area contributed by atoms with E-state index < -0.39 is 53.7 Å². The van der Waals surface area contributed by atoms with Crippen LogP contribution in [-0.4, -0.2) is 99.2 Å². The van der Waals surface area contributed by atoms with Crippen molar-refractivity contribution in [1.82, 2.24) is 25.5 Å². The number of aromatic nitrogens is 2. The van der Waals surface area contributed by atoms with Gasteiger partial charge in [0, 0.05) is 47.2 Å². The molecule has 2 aromatic heterocycles. The van der Waals surface area contributed by atoms with E-state index in [0.717, 1.165) is 30.8 Å². The van der Waals surface area contributed by atoms with Gasteiger partial charge in [-0.2, -0.15) is 0 Å². The third-order valence-electron chi connectivity index (χ3n) is 11.5. The Hall–Kier alpha value is -5.25. The molecule has 4 heterocycles. The van der Waals surface area contributed by atoms with E-state index in [1.165, 1.54) is 16.2 Å². The Bertz CT molecular complexity index is 2120. The molecule has 3 fully saturated rings. The van der Waals surface area contributed by atoms with Gasteiger partial charge in [-0.05, 0) is 70.4 Å². The average Bonchev–Trinajstić information content (AvgIpc) is 4.07. The number of hydrogen-bond donors (Lipinski definition) is 4. The Balaban J connectivity index is 1.20. The largest absolute Gasteiger partial charge is 0.497 e. The number of alkyl carbamates (subject to hydrolysis) is 1. The van der Waals surface area contributed by atoms with E-state index in [1.807, 2.05) is 51.3 Å². The zero-order valence-electron chi connectivity index (χ0n) is 34.2. The van der Waals surface area contributed by atoms with Crippen molar-refractivity contribution in [2.45, 2.75) is 121 Å². The molecule has 1 unspecified atom stereocenters. The number of ether oxygens (including phenoxy) is 3. The number of anilines is 1. The Kier molecular flexibility index (Phi) is 12.5. The number of nitrogens with zero attached hydrogens (tertiary/aromatic N) is 3. The number of allylic oxidation sites excluding steroid dienone is 1. The molecule has 16 heteroatoms. The minimum Gasteiger partial charge on any atom is -0.497 e. The maximum atomic E-state index is 14.7. The lowest BCUT2D eigenvalue weighted by Gasteiger charge is -2.30. The molecule has 2 saturated carbocycles. The number of rotatable bonds is 12. The lowest BCUT2D eigenvalue weighted by atomic mass is 10.00. The van der Waals surface area contributed by atoms with E-state index in [9.17, 15) is 29.1 Å². The molecule has 59 heavy (non-hydrogen) atoms. The number of hydrogen-bond acceptors (Lipinski definition) is 12. The summed E-state index contributed by atoms with van der Waals surface area (Å²) in [5.41, 5.74) is 0.278. The third kappa shape index (κ3) is 9.47. The van der Waals surface area contributed by atoms with Gasteiger partial charge >= 0.3 is 12.1 Å². The van der Waals surface area contributed by atoms with Crippen molar-refractivity contribution in [2.75, 3.05) is 19.0 Å². The molecular formula is C43H54N6O9S. The van der Waals surface area contributed by atoms with Crippen LogP contribution in [0.15, 0.2) is 41.8 Å². The Labute approximate surface area is 347 Å². The van der Waals surface area contributed by atoms with Gasteiger partial charge in [-0.3, -0.25) is 14.4 Å². The fourth-order valence-corrected chi connectivity index (χ4v) is 8.83. The molecule has 0 radical (unpaired) electrons. The molecule has 2 aliphatic carbocycles. The van der Waals surface area contributed by atoms with Crippen LogP contribution in [0.3, 0.4) is 0 Å². The molecule has 3 aromatic rings. The van der Waals surface area contributed by atoms with Crippen LogP contribution in [0.2, 0.25) is 0 Å². The summed E-state index contributed by atoms with van der Waals surface area (Å²) in [4.78, 5) is 79.1. The molecule has 0 spiro atoms. The van der Waals surface area contributed by atoms with Gasteiger partial charge in [0.2, 0.25) is 11.8 Å². The minimum absolute atomic E-state index is 0.0310. The summed E-state index contributed by atoms with van der Waals surface area (Å²) in [6.07, 6.45) is 6.17. The van der Waals surface area contributed by atoms with Gasteiger partial charge in [0.1, 0.15) is 40.9 Å². The zero-order valence-corrected chi connectivity index (χ0v) is 35.0. The van der Waals surface area contributed by atoms with Gasteiger partial charge in [0.15, 0.2) is 17.0 Å². The Morgan fingerprint density at radius 1 is 1.03 bits per heavy atom. The summed E-state index contributed by atoms with van der Waals surface area (Å²) >= 11 is 1.45. The predicted molar refractivity (Wildman–Crippen MR) is 221 cm³/mol. The van der Waals surface area contributed by atoms with Crippen LogP contribution < -0.4 is 25.4 Å². The summed E-state index contributed by atoms with van der Waals surface area (Å²) in [6, 6.07) is 5.19. The van der Waals surface area contributed by atoms with Gasteiger partial charge < -0.3 is 40.2 Å². The third-order valence-corrected chi connectivity index (χ3v) is 12.2. The monoisotopic (exact) mass is 830 g/mol. The van der Waals surface area contributed by atoms with E-state index in [4.69, 9.17) is 24.2 Å². The van der Waals surface area contributed by atoms with Crippen molar-refractivity contribution in [1.29, 1.82) is 0 Å². The standard InChI is InChI=1S/C43H54N6O9S/c1-23(2)37(36(50)25-13-14-25)58-42(55)47-30-12-10-8-6-7-9-11-26-20-43(26,40(53)54)48-38(51)34-18-28(21-49(34)39(30)52)57-35-19-32(33-22-59-41(46-33)44-24(3)4)45-31-17-27(56-5)15-16-29(31)35/h9,11,15-17,19,22-26,28,30,34,37H,6-8,10,12-14,18,20-21H2,1-5H3,(H,44,46)(H,47,55)(H,48,51)(H,53,54)/t26?,28-,30+,34+,37+,43-/m1/s1. The molecule has 6 atom stereocenters. The molecule has 0 bridgehead atoms. The SMILES string of the molecule is COc1ccc2c(O[C@@H]3C[C@H]4C(=O)N[C@]5(C(=O)O)CC5C=CCCCCC[C@H](NC(=O)O[C@H](C(=O)C5CC5)C(C)C)C(=O)N4C3)cc(-c3csc(NC(C)C)n3)nc2c1. The number of carboxylic acid groups (broad SMARTS) is 1. The summed E-state index contributed by atoms with van der Waals surface area (Å²) in [6.45, 7) is 7.65. The molecular weight excluding hydrogens is 777 g/mol. The number of Topliss-reactive ketones (excluding diaryl/α,β-unsaturated/α-hetero) is 1. The summed E-state index contributed by atoms with van der Waals surface area (Å²) in [5, 5.41) is 22.5. The second-order valence-corrected chi connectivity index (χ2v) is 17.7. The smallest absolute Gasteiger partial charge is 0.408 e. The van der Waals surface area contributed by atoms with Crippen LogP contribution in [0.5, 0.6) is 11.5 Å². The number of fused-ring (bicyclic) bond motifs is 3. The van der Waals surface area contributed by atoms with Crippen molar-refractivity contribution >= 4 is 57.0 Å². The number of carboxylic acids is 1. The highest BCUT2D eigenvalue weighted by atomic mass is 32.1. The fourth-order valence-electron chi connectivity index (χ4n) is 7.98. The second-order valence-electron chi connectivity index (χ2n) is 16.8. The van der Waals surface area contributed by atoms with Gasteiger partial charge in [-0.25, -0.2) is 19.6 Å². The molecule has 2 aliphatic heterocycles. The van der Waals surface area contributed by atoms with E-state index in [2.05, 4.69) is 16.0 Å². The van der Waals surface area contributed by atoms with Crippen LogP contribution in [0.25, 0.3) is 22.3 Å². The number of carbonyl (C=O) groups is 5. The van der Waals surface area contributed by atoms with E-state index >= 15 is 0 Å². The van der Waals surface area contributed by atoms with Gasteiger partial charge in [0.25, 0.3) is 0 Å². The number of pyridine rings is 1. The fraction of sp³-hybridized carbons (Fsp3) is 0.558. The van der Waals surface area contributed by atoms with Crippen LogP contribution in [0, 0.1) is 17.8 Å². The van der Waals surface area contributed by atoms with Crippen LogP contribution in [-0.2, 0) is 23.9 Å². The number of amides is 3. The number of ketones is 1. The number of thiazole rings is 1.